The smallest absolute Gasteiger partial charge is 0.146 e. The molecule has 0 spiro atoms. The molecule has 0 saturated heterocycles. The van der Waals surface area contributed by atoms with Gasteiger partial charge in [0, 0.05) is 27.7 Å². The summed E-state index contributed by atoms with van der Waals surface area (Å²) in [5.74, 6) is 0.894. The Balaban J connectivity index is 1.54. The predicted octanol–water partition coefficient (Wildman–Crippen LogP) is 8.95. The van der Waals surface area contributed by atoms with Crippen LogP contribution in [0.3, 0.4) is 0 Å². The highest BCUT2D eigenvalue weighted by Crippen LogP contribution is 2.40. The highest BCUT2D eigenvalue weighted by atomic mass is 15.1. The van der Waals surface area contributed by atoms with E-state index in [-0.39, 0.29) is 0 Å². The van der Waals surface area contributed by atoms with Crippen LogP contribution >= 0.6 is 0 Å². The van der Waals surface area contributed by atoms with Gasteiger partial charge in [-0.15, -0.1) is 0 Å². The van der Waals surface area contributed by atoms with E-state index >= 15 is 0 Å². The molecule has 0 saturated carbocycles. The number of para-hydroxylation sites is 3. The zero-order chi connectivity index (χ0) is 26.2. The number of nitrogens with zero attached hydrogens (tertiary/aromatic N) is 4. The molecule has 4 heteroatoms. The molecule has 40 heavy (non-hydrogen) atoms. The third-order valence-electron chi connectivity index (χ3n) is 8.13. The SMILES string of the molecule is c1ccc(-c2ccnc(-n3c4ccccc4c4ccc5c6ccccc6c6nc7ccccc7n6c5c43)c2)cc1. The fraction of sp³-hybridized carbons (Fsp3) is 0. The van der Waals surface area contributed by atoms with Crippen LogP contribution in [0.5, 0.6) is 0 Å². The molecule has 0 aliphatic heterocycles. The number of fused-ring (bicyclic) bond motifs is 12. The first kappa shape index (κ1) is 21.5. The van der Waals surface area contributed by atoms with Gasteiger partial charge in [0.15, 0.2) is 0 Å². The van der Waals surface area contributed by atoms with E-state index in [1.165, 1.54) is 27.1 Å². The molecule has 0 aliphatic rings. The lowest BCUT2D eigenvalue weighted by molar-refractivity contribution is 1.08. The van der Waals surface area contributed by atoms with Crippen molar-refractivity contribution in [2.75, 3.05) is 0 Å². The van der Waals surface area contributed by atoms with E-state index in [9.17, 15) is 0 Å². The molecule has 4 nitrogen and oxygen atoms in total. The zero-order valence-corrected chi connectivity index (χ0v) is 21.5. The average molecular weight is 511 g/mol. The molecule has 0 radical (unpaired) electrons. The molecule has 9 aromatic rings. The van der Waals surface area contributed by atoms with E-state index in [1.54, 1.807) is 0 Å². The van der Waals surface area contributed by atoms with Gasteiger partial charge in [-0.2, -0.15) is 0 Å². The Morgan fingerprint density at radius 3 is 2.00 bits per heavy atom. The molecule has 4 heterocycles. The standard InChI is InChI=1S/C36H22N4/c1-2-10-23(11-3-1)24-20-21-37-33(22-24)39-31-16-8-6-13-26(31)28-19-18-27-25-12-4-5-14-29(25)36-38-30-15-7-9-17-32(30)40(36)35(27)34(28)39/h1-22H. The van der Waals surface area contributed by atoms with Gasteiger partial charge < -0.3 is 0 Å². The predicted molar refractivity (Wildman–Crippen MR) is 165 cm³/mol. The van der Waals surface area contributed by atoms with Crippen LogP contribution in [-0.4, -0.2) is 18.9 Å². The van der Waals surface area contributed by atoms with Gasteiger partial charge in [0.1, 0.15) is 11.5 Å². The maximum Gasteiger partial charge on any atom is 0.146 e. The van der Waals surface area contributed by atoms with Crippen LogP contribution in [0.25, 0.3) is 77.1 Å². The van der Waals surface area contributed by atoms with Crippen molar-refractivity contribution < 1.29 is 0 Å². The second-order valence-corrected chi connectivity index (χ2v) is 10.3. The second-order valence-electron chi connectivity index (χ2n) is 10.3. The summed E-state index contributed by atoms with van der Waals surface area (Å²) in [5.41, 5.74) is 8.78. The Morgan fingerprint density at radius 1 is 0.475 bits per heavy atom. The number of hydrogen-bond donors (Lipinski definition) is 0. The monoisotopic (exact) mass is 510 g/mol. The van der Waals surface area contributed by atoms with Crippen LogP contribution in [0.15, 0.2) is 134 Å². The van der Waals surface area contributed by atoms with Gasteiger partial charge in [-0.1, -0.05) is 97.1 Å². The number of rotatable bonds is 2. The third kappa shape index (κ3) is 2.85. The normalized spacial score (nSPS) is 12.0. The Kier molecular flexibility index (Phi) is 4.30. The van der Waals surface area contributed by atoms with Crippen molar-refractivity contribution in [1.29, 1.82) is 0 Å². The van der Waals surface area contributed by atoms with Gasteiger partial charge in [-0.3, -0.25) is 8.97 Å². The summed E-state index contributed by atoms with van der Waals surface area (Å²) in [6, 6.07) is 45.0. The van der Waals surface area contributed by atoms with Crippen LogP contribution in [0.1, 0.15) is 0 Å². The number of imidazole rings is 1. The zero-order valence-electron chi connectivity index (χ0n) is 21.5. The molecule has 0 unspecified atom stereocenters. The minimum Gasteiger partial charge on any atom is -0.292 e. The van der Waals surface area contributed by atoms with Crippen molar-refractivity contribution in [2.45, 2.75) is 0 Å². The van der Waals surface area contributed by atoms with Crippen LogP contribution < -0.4 is 0 Å². The third-order valence-corrected chi connectivity index (χ3v) is 8.13. The summed E-state index contributed by atoms with van der Waals surface area (Å²) in [6.45, 7) is 0. The Bertz CT molecular complexity index is 2430. The largest absolute Gasteiger partial charge is 0.292 e. The number of hydrogen-bond acceptors (Lipinski definition) is 2. The van der Waals surface area contributed by atoms with Crippen molar-refractivity contribution in [2.24, 2.45) is 0 Å². The lowest BCUT2D eigenvalue weighted by Gasteiger charge is -2.14. The van der Waals surface area contributed by atoms with Gasteiger partial charge >= 0.3 is 0 Å². The summed E-state index contributed by atoms with van der Waals surface area (Å²) in [4.78, 5) is 10.1. The van der Waals surface area contributed by atoms with Gasteiger partial charge in [-0.05, 0) is 46.8 Å². The Labute approximate surface area is 229 Å². The van der Waals surface area contributed by atoms with Gasteiger partial charge in [0.25, 0.3) is 0 Å². The average Bonchev–Trinajstić information content (AvgIpc) is 3.58. The quantitative estimate of drug-likeness (QED) is 0.218. The molecule has 0 aliphatic carbocycles. The van der Waals surface area contributed by atoms with Crippen LogP contribution in [0.4, 0.5) is 0 Å². The van der Waals surface area contributed by atoms with E-state index < -0.39 is 0 Å². The van der Waals surface area contributed by atoms with E-state index in [2.05, 4.69) is 136 Å². The molecular weight excluding hydrogens is 488 g/mol. The molecule has 9 rings (SSSR count). The lowest BCUT2D eigenvalue weighted by Crippen LogP contribution is -2.00. The molecule has 4 aromatic heterocycles. The van der Waals surface area contributed by atoms with Crippen molar-refractivity contribution in [3.05, 3.63) is 134 Å². The number of aromatic nitrogens is 4. The van der Waals surface area contributed by atoms with Crippen LogP contribution in [-0.2, 0) is 0 Å². The molecule has 5 aromatic carbocycles. The van der Waals surface area contributed by atoms with Crippen molar-refractivity contribution >= 4 is 60.2 Å². The molecule has 0 N–H and O–H groups in total. The highest BCUT2D eigenvalue weighted by molar-refractivity contribution is 6.24. The first-order valence-corrected chi connectivity index (χ1v) is 13.5. The summed E-state index contributed by atoms with van der Waals surface area (Å²) in [5, 5.41) is 5.95. The maximum atomic E-state index is 5.15. The van der Waals surface area contributed by atoms with Gasteiger partial charge in [-0.25, -0.2) is 9.97 Å². The summed E-state index contributed by atoms with van der Waals surface area (Å²) >= 11 is 0. The molecule has 0 bridgehead atoms. The van der Waals surface area contributed by atoms with Crippen molar-refractivity contribution in [3.8, 4) is 16.9 Å². The highest BCUT2D eigenvalue weighted by Gasteiger charge is 2.21. The molecule has 0 fully saturated rings. The Hall–Kier alpha value is -5.48. The maximum absolute atomic E-state index is 5.15. The molecule has 0 atom stereocenters. The lowest BCUT2D eigenvalue weighted by atomic mass is 10.0. The van der Waals surface area contributed by atoms with Gasteiger partial charge in [0.05, 0.1) is 27.6 Å². The van der Waals surface area contributed by atoms with Crippen molar-refractivity contribution in [3.63, 3.8) is 0 Å². The number of pyridine rings is 2. The van der Waals surface area contributed by atoms with E-state index in [0.29, 0.717) is 0 Å². The van der Waals surface area contributed by atoms with Crippen LogP contribution in [0, 0.1) is 0 Å². The number of benzene rings is 5. The summed E-state index contributed by atoms with van der Waals surface area (Å²) in [6.07, 6.45) is 1.92. The minimum absolute atomic E-state index is 0.894. The first-order chi connectivity index (χ1) is 19.9. The topological polar surface area (TPSA) is 35.1 Å². The van der Waals surface area contributed by atoms with Crippen LogP contribution in [0.2, 0.25) is 0 Å². The molecule has 0 amide bonds. The fourth-order valence-electron chi connectivity index (χ4n) is 6.42. The summed E-state index contributed by atoms with van der Waals surface area (Å²) < 4.78 is 4.69. The van der Waals surface area contributed by atoms with E-state index in [4.69, 9.17) is 9.97 Å². The van der Waals surface area contributed by atoms with Crippen molar-refractivity contribution in [1.82, 2.24) is 18.9 Å². The fourth-order valence-corrected chi connectivity index (χ4v) is 6.42. The first-order valence-electron chi connectivity index (χ1n) is 13.5. The molecule has 186 valence electrons. The van der Waals surface area contributed by atoms with Gasteiger partial charge in [0.2, 0.25) is 0 Å². The second kappa shape index (κ2) is 8.01. The van der Waals surface area contributed by atoms with E-state index in [0.717, 1.165) is 50.0 Å². The Morgan fingerprint density at radius 2 is 1.15 bits per heavy atom. The minimum atomic E-state index is 0.894. The molecular formula is C36H22N4. The summed E-state index contributed by atoms with van der Waals surface area (Å²) in [7, 11) is 0. The van der Waals surface area contributed by atoms with E-state index in [1.807, 2.05) is 6.20 Å².